The second-order valence-electron chi connectivity index (χ2n) is 2.66. The minimum atomic E-state index is -0.990. The van der Waals surface area contributed by atoms with Gasteiger partial charge in [-0.1, -0.05) is 0 Å². The number of alkyl halides is 1. The maximum absolute atomic E-state index is 11.0. The number of carbonyl (C=O) groups is 1. The lowest BCUT2D eigenvalue weighted by atomic mass is 10.3. The predicted octanol–water partition coefficient (Wildman–Crippen LogP) is 1.60. The summed E-state index contributed by atoms with van der Waals surface area (Å²) < 4.78 is 11.0. The lowest BCUT2D eigenvalue weighted by Crippen LogP contribution is -2.12. The van der Waals surface area contributed by atoms with Gasteiger partial charge in [0.05, 0.1) is 0 Å². The Labute approximate surface area is 90.6 Å². The second-order valence-corrected chi connectivity index (χ2v) is 4.31. The molecule has 0 radical (unpaired) electrons. The van der Waals surface area contributed by atoms with Crippen LogP contribution in [-0.4, -0.2) is 22.6 Å². The highest BCUT2D eigenvalue weighted by Crippen LogP contribution is 2.13. The molecule has 1 N–H and O–H groups in total. The summed E-state index contributed by atoms with van der Waals surface area (Å²) >= 11 is 4.33. The van der Waals surface area contributed by atoms with Gasteiger partial charge in [-0.25, -0.2) is 0 Å². The van der Waals surface area contributed by atoms with Crippen LogP contribution in [0.25, 0.3) is 0 Å². The van der Waals surface area contributed by atoms with Crippen molar-refractivity contribution in [1.29, 1.82) is 0 Å². The van der Waals surface area contributed by atoms with Crippen LogP contribution in [0.2, 0.25) is 0 Å². The topological polar surface area (TPSA) is 52.2 Å². The number of nitrogens with one attached hydrogen (secondary N) is 1. The molecule has 0 saturated heterocycles. The molecule has 0 aromatic heterocycles. The molecule has 1 atom stereocenters. The number of hydrogen-bond donors (Lipinski definition) is 1. The summed E-state index contributed by atoms with van der Waals surface area (Å²) in [5.41, 5.74) is 0.657. The highest BCUT2D eigenvalue weighted by Gasteiger charge is 2.04. The minimum absolute atomic E-state index is 0.0680. The van der Waals surface area contributed by atoms with Crippen molar-refractivity contribution in [3.05, 3.63) is 24.3 Å². The molecule has 1 rings (SSSR count). The van der Waals surface area contributed by atoms with E-state index in [2.05, 4.69) is 5.32 Å². The van der Waals surface area contributed by atoms with E-state index in [4.69, 9.17) is 11.6 Å². The number of hydrogen-bond acceptors (Lipinski definition) is 2. The third-order valence-corrected chi connectivity index (χ3v) is 2.77. The highest BCUT2D eigenvalue weighted by molar-refractivity contribution is 7.90. The van der Waals surface area contributed by atoms with Crippen molar-refractivity contribution in [1.82, 2.24) is 0 Å². The molecule has 1 unspecified atom stereocenters. The zero-order valence-electron chi connectivity index (χ0n) is 7.62. The number of amides is 1. The summed E-state index contributed by atoms with van der Waals surface area (Å²) in [7, 11) is 0. The van der Waals surface area contributed by atoms with Crippen molar-refractivity contribution in [3.8, 4) is 0 Å². The van der Waals surface area contributed by atoms with E-state index in [1.165, 1.54) is 0 Å². The molecule has 0 aliphatic heterocycles. The van der Waals surface area contributed by atoms with E-state index in [-0.39, 0.29) is 11.8 Å². The van der Waals surface area contributed by atoms with Crippen LogP contribution in [0.3, 0.4) is 0 Å². The zero-order valence-corrected chi connectivity index (χ0v) is 9.19. The number of anilines is 1. The minimum Gasteiger partial charge on any atom is -0.612 e. The first-order valence-electron chi connectivity index (χ1n) is 3.93. The molecule has 1 amide bonds. The van der Waals surface area contributed by atoms with Gasteiger partial charge in [-0.2, -0.15) is 0 Å². The molecule has 0 heterocycles. The SMILES string of the molecule is C[S+]([O-])c1ccc(NC(=O)CCl)cc1. The number of carbonyl (C=O) groups excluding carboxylic acids is 1. The van der Waals surface area contributed by atoms with Crippen LogP contribution in [0.4, 0.5) is 5.69 Å². The number of halogens is 1. The van der Waals surface area contributed by atoms with Gasteiger partial charge in [-0.15, -0.1) is 11.6 Å². The summed E-state index contributed by atoms with van der Waals surface area (Å²) in [5, 5.41) is 2.59. The third kappa shape index (κ3) is 3.21. The molecule has 14 heavy (non-hydrogen) atoms. The molecule has 3 nitrogen and oxygen atoms in total. The van der Waals surface area contributed by atoms with Crippen molar-refractivity contribution < 1.29 is 9.35 Å². The quantitative estimate of drug-likeness (QED) is 0.635. The predicted molar refractivity (Wildman–Crippen MR) is 58.1 cm³/mol. The van der Waals surface area contributed by atoms with Gasteiger partial charge in [-0.3, -0.25) is 4.79 Å². The Kier molecular flexibility index (Phi) is 4.25. The molecular formula is C9H10ClNO2S. The average molecular weight is 232 g/mol. The smallest absolute Gasteiger partial charge is 0.239 e. The van der Waals surface area contributed by atoms with Gasteiger partial charge in [0.25, 0.3) is 0 Å². The van der Waals surface area contributed by atoms with Crippen LogP contribution in [-0.2, 0) is 16.0 Å². The summed E-state index contributed by atoms with van der Waals surface area (Å²) in [6, 6.07) is 6.81. The van der Waals surface area contributed by atoms with Crippen LogP contribution in [0.15, 0.2) is 29.2 Å². The van der Waals surface area contributed by atoms with E-state index in [1.54, 1.807) is 30.5 Å². The Morgan fingerprint density at radius 2 is 2.07 bits per heavy atom. The fraction of sp³-hybridized carbons (Fsp3) is 0.222. The van der Waals surface area contributed by atoms with E-state index in [9.17, 15) is 9.35 Å². The Hall–Kier alpha value is -0.710. The van der Waals surface area contributed by atoms with Gasteiger partial charge < -0.3 is 9.87 Å². The lowest BCUT2D eigenvalue weighted by Gasteiger charge is -2.05. The molecule has 1 aromatic carbocycles. The Morgan fingerprint density at radius 3 is 2.50 bits per heavy atom. The Balaban J connectivity index is 2.69. The Morgan fingerprint density at radius 1 is 1.50 bits per heavy atom. The van der Waals surface area contributed by atoms with Gasteiger partial charge in [0.1, 0.15) is 12.1 Å². The summed E-state index contributed by atoms with van der Waals surface area (Å²) in [5.74, 6) is -0.321. The number of benzene rings is 1. The zero-order chi connectivity index (χ0) is 10.6. The first-order valence-corrected chi connectivity index (χ1v) is 6.02. The van der Waals surface area contributed by atoms with Crippen molar-refractivity contribution >= 4 is 34.4 Å². The molecule has 0 fully saturated rings. The van der Waals surface area contributed by atoms with Crippen LogP contribution >= 0.6 is 11.6 Å². The van der Waals surface area contributed by atoms with E-state index in [0.29, 0.717) is 5.69 Å². The summed E-state index contributed by atoms with van der Waals surface area (Å²) in [4.78, 5) is 11.6. The average Bonchev–Trinajstić information content (AvgIpc) is 2.18. The lowest BCUT2D eigenvalue weighted by molar-refractivity contribution is -0.113. The van der Waals surface area contributed by atoms with E-state index < -0.39 is 11.2 Å². The summed E-state index contributed by atoms with van der Waals surface area (Å²) in [6.07, 6.45) is 1.60. The summed E-state index contributed by atoms with van der Waals surface area (Å²) in [6.45, 7) is 0. The molecule has 0 aliphatic rings. The largest absolute Gasteiger partial charge is 0.612 e. The first-order chi connectivity index (χ1) is 6.63. The molecule has 1 aromatic rings. The fourth-order valence-corrected chi connectivity index (χ4v) is 1.51. The van der Waals surface area contributed by atoms with Gasteiger partial charge >= 0.3 is 0 Å². The standard InChI is InChI=1S/C9H10ClNO2S/c1-14(13)8-4-2-7(3-5-8)11-9(12)6-10/h2-5H,6H2,1H3,(H,11,12). The molecule has 0 spiro atoms. The molecule has 5 heteroatoms. The fourth-order valence-electron chi connectivity index (χ4n) is 0.924. The van der Waals surface area contributed by atoms with Crippen LogP contribution < -0.4 is 5.32 Å². The van der Waals surface area contributed by atoms with Gasteiger partial charge in [0.2, 0.25) is 5.91 Å². The molecule has 0 aliphatic carbocycles. The molecule has 0 bridgehead atoms. The molecule has 76 valence electrons. The molecular weight excluding hydrogens is 222 g/mol. The van der Waals surface area contributed by atoms with E-state index in [1.807, 2.05) is 0 Å². The van der Waals surface area contributed by atoms with Gasteiger partial charge in [0, 0.05) is 5.69 Å². The van der Waals surface area contributed by atoms with Crippen molar-refractivity contribution in [2.75, 3.05) is 17.5 Å². The monoisotopic (exact) mass is 231 g/mol. The molecule has 0 saturated carbocycles. The van der Waals surface area contributed by atoms with Gasteiger partial charge in [0.15, 0.2) is 4.90 Å². The Bertz CT molecular complexity index is 313. The van der Waals surface area contributed by atoms with Crippen molar-refractivity contribution in [3.63, 3.8) is 0 Å². The van der Waals surface area contributed by atoms with Crippen molar-refractivity contribution in [2.45, 2.75) is 4.90 Å². The van der Waals surface area contributed by atoms with Crippen molar-refractivity contribution in [2.24, 2.45) is 0 Å². The van der Waals surface area contributed by atoms with Crippen LogP contribution in [0.5, 0.6) is 0 Å². The third-order valence-electron chi connectivity index (χ3n) is 1.59. The van der Waals surface area contributed by atoms with Crippen LogP contribution in [0, 0.1) is 0 Å². The second kappa shape index (κ2) is 5.24. The maximum atomic E-state index is 11.0. The van der Waals surface area contributed by atoms with E-state index >= 15 is 0 Å². The number of rotatable bonds is 3. The normalized spacial score (nSPS) is 12.2. The highest BCUT2D eigenvalue weighted by atomic mass is 35.5. The maximum Gasteiger partial charge on any atom is 0.239 e. The van der Waals surface area contributed by atoms with E-state index in [0.717, 1.165) is 4.90 Å². The van der Waals surface area contributed by atoms with Crippen LogP contribution in [0.1, 0.15) is 0 Å². The van der Waals surface area contributed by atoms with Gasteiger partial charge in [-0.05, 0) is 35.4 Å². The first kappa shape index (κ1) is 11.4.